The molecular weight excluding hydrogens is 316 g/mol. The predicted octanol–water partition coefficient (Wildman–Crippen LogP) is 5.14. The molecule has 1 aromatic rings. The summed E-state index contributed by atoms with van der Waals surface area (Å²) in [5.41, 5.74) is 2.11. The Kier molecular flexibility index (Phi) is 11.3. The molecule has 0 heterocycles. The largest absolute Gasteiger partial charge is 0.501 e. The summed E-state index contributed by atoms with van der Waals surface area (Å²) in [6.45, 7) is 9.99. The number of carbonyl (C=O) groups excluding carboxylic acids is 2. The molecule has 0 N–H and O–H groups in total. The summed E-state index contributed by atoms with van der Waals surface area (Å²) in [5.74, 6) is 1.45. The van der Waals surface area contributed by atoms with Gasteiger partial charge in [0.15, 0.2) is 5.78 Å². The van der Waals surface area contributed by atoms with Crippen LogP contribution in [0.15, 0.2) is 36.1 Å². The Morgan fingerprint density at radius 2 is 1.60 bits per heavy atom. The SMILES string of the molecule is C/C=C(/OC)C(C)CC(=O)OC.CCC(=O)c1ccc(C(C)C)cc1. The number of esters is 1. The van der Waals surface area contributed by atoms with Crippen molar-refractivity contribution >= 4 is 11.8 Å². The van der Waals surface area contributed by atoms with Crippen molar-refractivity contribution in [3.05, 3.63) is 47.2 Å². The Morgan fingerprint density at radius 1 is 1.04 bits per heavy atom. The van der Waals surface area contributed by atoms with E-state index in [1.165, 1.54) is 12.7 Å². The van der Waals surface area contributed by atoms with Crippen molar-refractivity contribution in [3.63, 3.8) is 0 Å². The molecular formula is C21H32O4. The molecule has 0 aromatic heterocycles. The average Bonchev–Trinajstić information content (AvgIpc) is 2.62. The van der Waals surface area contributed by atoms with Crippen LogP contribution in [-0.4, -0.2) is 26.0 Å². The van der Waals surface area contributed by atoms with Crippen LogP contribution >= 0.6 is 0 Å². The van der Waals surface area contributed by atoms with Crippen LogP contribution in [-0.2, 0) is 14.3 Å². The Hall–Kier alpha value is -2.10. The second kappa shape index (κ2) is 12.3. The van der Waals surface area contributed by atoms with E-state index in [2.05, 4.69) is 18.6 Å². The van der Waals surface area contributed by atoms with Crippen molar-refractivity contribution in [1.29, 1.82) is 0 Å². The third-order valence-corrected chi connectivity index (χ3v) is 3.93. The third-order valence-electron chi connectivity index (χ3n) is 3.93. The van der Waals surface area contributed by atoms with Gasteiger partial charge in [-0.3, -0.25) is 9.59 Å². The van der Waals surface area contributed by atoms with Crippen molar-refractivity contribution in [2.24, 2.45) is 5.92 Å². The summed E-state index contributed by atoms with van der Waals surface area (Å²) in [6, 6.07) is 7.91. The average molecular weight is 348 g/mol. The lowest BCUT2D eigenvalue weighted by atomic mass is 10.00. The van der Waals surface area contributed by atoms with Crippen LogP contribution in [0, 0.1) is 5.92 Å². The van der Waals surface area contributed by atoms with Gasteiger partial charge in [0.05, 0.1) is 26.4 Å². The van der Waals surface area contributed by atoms with Gasteiger partial charge in [-0.25, -0.2) is 0 Å². The molecule has 1 aromatic carbocycles. The maximum Gasteiger partial charge on any atom is 0.306 e. The van der Waals surface area contributed by atoms with E-state index in [0.29, 0.717) is 18.8 Å². The van der Waals surface area contributed by atoms with Crippen molar-refractivity contribution in [1.82, 2.24) is 0 Å². The first kappa shape index (κ1) is 22.9. The maximum absolute atomic E-state index is 11.3. The first-order valence-electron chi connectivity index (χ1n) is 8.70. The van der Waals surface area contributed by atoms with Gasteiger partial charge in [0.1, 0.15) is 0 Å². The molecule has 1 rings (SSSR count). The van der Waals surface area contributed by atoms with Crippen LogP contribution in [0.3, 0.4) is 0 Å². The first-order valence-corrected chi connectivity index (χ1v) is 8.70. The lowest BCUT2D eigenvalue weighted by Crippen LogP contribution is -2.10. The third kappa shape index (κ3) is 8.52. The second-order valence-corrected chi connectivity index (χ2v) is 6.13. The normalized spacial score (nSPS) is 12.1. The van der Waals surface area contributed by atoms with Crippen molar-refractivity contribution in [2.45, 2.75) is 53.4 Å². The number of carbonyl (C=O) groups is 2. The second-order valence-electron chi connectivity index (χ2n) is 6.13. The number of Topliss-reactive ketones (excluding diaryl/α,β-unsaturated/α-hetero) is 1. The molecule has 0 fully saturated rings. The summed E-state index contributed by atoms with van der Waals surface area (Å²) in [5, 5.41) is 0. The lowest BCUT2D eigenvalue weighted by molar-refractivity contribution is -0.141. The molecule has 0 aliphatic heterocycles. The number of benzene rings is 1. The lowest BCUT2D eigenvalue weighted by Gasteiger charge is -2.12. The maximum atomic E-state index is 11.3. The zero-order chi connectivity index (χ0) is 19.4. The molecule has 1 atom stereocenters. The predicted molar refractivity (Wildman–Crippen MR) is 102 cm³/mol. The fraction of sp³-hybridized carbons (Fsp3) is 0.524. The van der Waals surface area contributed by atoms with Crippen LogP contribution in [0.5, 0.6) is 0 Å². The molecule has 0 saturated carbocycles. The summed E-state index contributed by atoms with van der Waals surface area (Å²) < 4.78 is 9.60. The zero-order valence-electron chi connectivity index (χ0n) is 16.6. The fourth-order valence-electron chi connectivity index (χ4n) is 2.30. The molecule has 0 amide bonds. The van der Waals surface area contributed by atoms with E-state index in [1.807, 2.05) is 51.1 Å². The van der Waals surface area contributed by atoms with E-state index in [-0.39, 0.29) is 17.7 Å². The van der Waals surface area contributed by atoms with E-state index in [1.54, 1.807) is 7.11 Å². The van der Waals surface area contributed by atoms with Gasteiger partial charge < -0.3 is 9.47 Å². The number of hydrogen-bond donors (Lipinski definition) is 0. The van der Waals surface area contributed by atoms with E-state index in [9.17, 15) is 9.59 Å². The summed E-state index contributed by atoms with van der Waals surface area (Å²) in [6.07, 6.45) is 2.80. The van der Waals surface area contributed by atoms with E-state index >= 15 is 0 Å². The molecule has 0 radical (unpaired) electrons. The Bertz CT molecular complexity index is 556. The van der Waals surface area contributed by atoms with Gasteiger partial charge in [-0.1, -0.05) is 52.0 Å². The summed E-state index contributed by atoms with van der Waals surface area (Å²) in [4.78, 5) is 22.1. The van der Waals surface area contributed by atoms with Crippen LogP contribution in [0.25, 0.3) is 0 Å². The van der Waals surface area contributed by atoms with Gasteiger partial charge in [-0.05, 0) is 24.5 Å². The number of allylic oxidation sites excluding steroid dienone is 2. The van der Waals surface area contributed by atoms with Gasteiger partial charge in [-0.2, -0.15) is 0 Å². The molecule has 0 spiro atoms. The highest BCUT2D eigenvalue weighted by Gasteiger charge is 2.13. The Morgan fingerprint density at radius 3 is 1.96 bits per heavy atom. The summed E-state index contributed by atoms with van der Waals surface area (Å²) in [7, 11) is 2.99. The minimum Gasteiger partial charge on any atom is -0.501 e. The number of ketones is 1. The molecule has 0 bridgehead atoms. The van der Waals surface area contributed by atoms with Gasteiger partial charge in [0.25, 0.3) is 0 Å². The minimum absolute atomic E-state index is 0.0902. The monoisotopic (exact) mass is 348 g/mol. The highest BCUT2D eigenvalue weighted by molar-refractivity contribution is 5.95. The number of methoxy groups -OCH3 is 2. The van der Waals surface area contributed by atoms with Gasteiger partial charge >= 0.3 is 5.97 Å². The molecule has 0 aliphatic rings. The van der Waals surface area contributed by atoms with Gasteiger partial charge in [0.2, 0.25) is 0 Å². The topological polar surface area (TPSA) is 52.6 Å². The van der Waals surface area contributed by atoms with E-state index in [0.717, 1.165) is 11.3 Å². The standard InChI is InChI=1S/C12H16O.C9H16O3/c1-4-12(13)11-7-5-10(6-8-11)9(2)3;1-5-8(11-3)7(2)6-9(10)12-4/h5-9H,4H2,1-3H3;5,7H,6H2,1-4H3/b;8-5+. The minimum atomic E-state index is -0.209. The van der Waals surface area contributed by atoms with E-state index in [4.69, 9.17) is 4.74 Å². The highest BCUT2D eigenvalue weighted by Crippen LogP contribution is 2.16. The molecule has 4 nitrogen and oxygen atoms in total. The smallest absolute Gasteiger partial charge is 0.306 e. The van der Waals surface area contributed by atoms with Crippen molar-refractivity contribution < 1.29 is 19.1 Å². The van der Waals surface area contributed by atoms with Crippen LogP contribution in [0.4, 0.5) is 0 Å². The molecule has 25 heavy (non-hydrogen) atoms. The Balaban J connectivity index is 0.000000463. The van der Waals surface area contributed by atoms with Crippen molar-refractivity contribution in [2.75, 3.05) is 14.2 Å². The first-order chi connectivity index (χ1) is 11.8. The molecule has 140 valence electrons. The molecule has 0 saturated heterocycles. The van der Waals surface area contributed by atoms with Gasteiger partial charge in [-0.15, -0.1) is 0 Å². The summed E-state index contributed by atoms with van der Waals surface area (Å²) >= 11 is 0. The fourth-order valence-corrected chi connectivity index (χ4v) is 2.30. The van der Waals surface area contributed by atoms with E-state index < -0.39 is 0 Å². The quantitative estimate of drug-likeness (QED) is 0.389. The molecule has 0 aliphatic carbocycles. The van der Waals surface area contributed by atoms with Crippen LogP contribution < -0.4 is 0 Å². The number of hydrogen-bond acceptors (Lipinski definition) is 4. The number of ether oxygens (including phenoxy) is 2. The van der Waals surface area contributed by atoms with Gasteiger partial charge in [0, 0.05) is 17.9 Å². The van der Waals surface area contributed by atoms with Crippen LogP contribution in [0.1, 0.15) is 69.3 Å². The molecule has 1 unspecified atom stereocenters. The molecule has 4 heteroatoms. The highest BCUT2D eigenvalue weighted by atomic mass is 16.5. The Labute approximate surface area is 152 Å². The number of rotatable bonds is 7. The van der Waals surface area contributed by atoms with Crippen LogP contribution in [0.2, 0.25) is 0 Å². The van der Waals surface area contributed by atoms with Crippen molar-refractivity contribution in [3.8, 4) is 0 Å². The zero-order valence-corrected chi connectivity index (χ0v) is 16.6.